The summed E-state index contributed by atoms with van der Waals surface area (Å²) < 4.78 is 52.6. The van der Waals surface area contributed by atoms with E-state index in [2.05, 4.69) is 0 Å². The molecular weight excluding hydrogens is 296 g/mol. The van der Waals surface area contributed by atoms with E-state index >= 15 is 0 Å². The average molecular weight is 306 g/mol. The Labute approximate surface area is 124 Å². The number of carbonyl (C=O) groups is 1. The molecule has 0 saturated carbocycles. The Balaban J connectivity index is 2.12. The maximum absolute atomic E-state index is 13.3. The molecule has 2 rings (SSSR count). The summed E-state index contributed by atoms with van der Waals surface area (Å²) in [7, 11) is 0. The number of benzene rings is 2. The standard InChI is InChI=1S/C17H10F4O/c18-13-3-7-16(20)11(9-13)1-5-15(22)6-2-12-10-14(19)4-8-17(12)21/h1-10H/b5-1+,6-2+. The van der Waals surface area contributed by atoms with Crippen molar-refractivity contribution in [2.24, 2.45) is 0 Å². The van der Waals surface area contributed by atoms with E-state index in [4.69, 9.17) is 0 Å². The third-order valence-electron chi connectivity index (χ3n) is 2.77. The van der Waals surface area contributed by atoms with Crippen molar-refractivity contribution in [3.8, 4) is 0 Å². The molecule has 0 radical (unpaired) electrons. The van der Waals surface area contributed by atoms with Gasteiger partial charge in [0.25, 0.3) is 0 Å². The number of hydrogen-bond acceptors (Lipinski definition) is 1. The van der Waals surface area contributed by atoms with E-state index in [-0.39, 0.29) is 11.1 Å². The van der Waals surface area contributed by atoms with Gasteiger partial charge in [-0.15, -0.1) is 0 Å². The van der Waals surface area contributed by atoms with Gasteiger partial charge in [-0.3, -0.25) is 4.79 Å². The van der Waals surface area contributed by atoms with Crippen molar-refractivity contribution in [1.82, 2.24) is 0 Å². The maximum atomic E-state index is 13.3. The van der Waals surface area contributed by atoms with Crippen molar-refractivity contribution in [3.63, 3.8) is 0 Å². The van der Waals surface area contributed by atoms with E-state index < -0.39 is 29.1 Å². The Morgan fingerprint density at radius 1 is 0.727 bits per heavy atom. The van der Waals surface area contributed by atoms with Gasteiger partial charge in [-0.1, -0.05) is 0 Å². The van der Waals surface area contributed by atoms with Gasteiger partial charge in [0.2, 0.25) is 0 Å². The normalized spacial score (nSPS) is 11.5. The lowest BCUT2D eigenvalue weighted by molar-refractivity contribution is -0.110. The van der Waals surface area contributed by atoms with Gasteiger partial charge in [-0.05, 0) is 60.7 Å². The van der Waals surface area contributed by atoms with Crippen LogP contribution in [0.25, 0.3) is 12.2 Å². The molecule has 0 fully saturated rings. The Morgan fingerprint density at radius 2 is 1.14 bits per heavy atom. The first kappa shape index (κ1) is 15.7. The second-order valence-corrected chi connectivity index (χ2v) is 4.40. The zero-order chi connectivity index (χ0) is 16.1. The van der Waals surface area contributed by atoms with Crippen molar-refractivity contribution in [3.05, 3.63) is 82.9 Å². The summed E-state index contributed by atoms with van der Waals surface area (Å²) >= 11 is 0. The van der Waals surface area contributed by atoms with Gasteiger partial charge in [0.1, 0.15) is 23.3 Å². The van der Waals surface area contributed by atoms with Crippen molar-refractivity contribution in [1.29, 1.82) is 0 Å². The number of hydrogen-bond donors (Lipinski definition) is 0. The zero-order valence-electron chi connectivity index (χ0n) is 11.2. The summed E-state index contributed by atoms with van der Waals surface area (Å²) in [6, 6.07) is 5.68. The minimum absolute atomic E-state index is 0.0845. The molecular formula is C17H10F4O. The summed E-state index contributed by atoms with van der Waals surface area (Å²) in [5, 5.41) is 0. The van der Waals surface area contributed by atoms with Crippen molar-refractivity contribution >= 4 is 17.9 Å². The largest absolute Gasteiger partial charge is 0.290 e. The van der Waals surface area contributed by atoms with E-state index in [1.54, 1.807) is 0 Å². The van der Waals surface area contributed by atoms with Gasteiger partial charge < -0.3 is 0 Å². The van der Waals surface area contributed by atoms with Crippen LogP contribution in [0.4, 0.5) is 17.6 Å². The third-order valence-corrected chi connectivity index (χ3v) is 2.77. The predicted molar refractivity (Wildman–Crippen MR) is 75.8 cm³/mol. The fourth-order valence-corrected chi connectivity index (χ4v) is 1.68. The van der Waals surface area contributed by atoms with Gasteiger partial charge in [0, 0.05) is 11.1 Å². The van der Waals surface area contributed by atoms with Crippen LogP contribution in [-0.4, -0.2) is 5.78 Å². The van der Waals surface area contributed by atoms with Gasteiger partial charge in [-0.25, -0.2) is 17.6 Å². The summed E-state index contributed by atoms with van der Waals surface area (Å²) in [6.07, 6.45) is 4.22. The number of halogens is 4. The third kappa shape index (κ3) is 4.15. The summed E-state index contributed by atoms with van der Waals surface area (Å²) in [5.41, 5.74) is -0.169. The molecule has 0 aromatic heterocycles. The van der Waals surface area contributed by atoms with Crippen molar-refractivity contribution in [2.75, 3.05) is 0 Å². The lowest BCUT2D eigenvalue weighted by Gasteiger charge is -1.97. The molecule has 22 heavy (non-hydrogen) atoms. The molecule has 0 unspecified atom stereocenters. The Kier molecular flexibility index (Phi) is 4.88. The highest BCUT2D eigenvalue weighted by atomic mass is 19.1. The number of carbonyl (C=O) groups excluding carboxylic acids is 1. The van der Waals surface area contributed by atoms with Crippen molar-refractivity contribution < 1.29 is 22.4 Å². The molecule has 1 nitrogen and oxygen atoms in total. The van der Waals surface area contributed by atoms with E-state index in [0.717, 1.165) is 60.7 Å². The maximum Gasteiger partial charge on any atom is 0.178 e. The summed E-state index contributed by atoms with van der Waals surface area (Å²) in [6.45, 7) is 0. The molecule has 0 spiro atoms. The summed E-state index contributed by atoms with van der Waals surface area (Å²) in [4.78, 5) is 11.6. The Morgan fingerprint density at radius 3 is 1.55 bits per heavy atom. The molecule has 2 aromatic rings. The lowest BCUT2D eigenvalue weighted by Crippen LogP contribution is -1.89. The van der Waals surface area contributed by atoms with Gasteiger partial charge in [0.05, 0.1) is 0 Å². The molecule has 2 aromatic carbocycles. The van der Waals surface area contributed by atoms with Crippen LogP contribution < -0.4 is 0 Å². The minimum Gasteiger partial charge on any atom is -0.290 e. The van der Waals surface area contributed by atoms with E-state index in [0.29, 0.717) is 0 Å². The van der Waals surface area contributed by atoms with E-state index in [1.165, 1.54) is 0 Å². The van der Waals surface area contributed by atoms with Crippen LogP contribution in [0.5, 0.6) is 0 Å². The van der Waals surface area contributed by atoms with Crippen LogP contribution >= 0.6 is 0 Å². The van der Waals surface area contributed by atoms with E-state index in [1.807, 2.05) is 0 Å². The molecule has 0 atom stereocenters. The van der Waals surface area contributed by atoms with Crippen molar-refractivity contribution in [2.45, 2.75) is 0 Å². The number of rotatable bonds is 4. The second-order valence-electron chi connectivity index (χ2n) is 4.40. The molecule has 0 N–H and O–H groups in total. The van der Waals surface area contributed by atoms with E-state index in [9.17, 15) is 22.4 Å². The summed E-state index contributed by atoms with van der Waals surface area (Å²) in [5.74, 6) is -3.19. The first-order chi connectivity index (χ1) is 10.5. The van der Waals surface area contributed by atoms with Crippen LogP contribution in [0.2, 0.25) is 0 Å². The molecule has 0 heterocycles. The van der Waals surface area contributed by atoms with Gasteiger partial charge in [0.15, 0.2) is 5.78 Å². The molecule has 0 aliphatic carbocycles. The minimum atomic E-state index is -0.675. The first-order valence-electron chi connectivity index (χ1n) is 6.26. The molecule has 0 saturated heterocycles. The SMILES string of the molecule is O=C(/C=C/c1cc(F)ccc1F)/C=C/c1cc(F)ccc1F. The molecule has 0 aliphatic heterocycles. The molecule has 0 bridgehead atoms. The van der Waals surface area contributed by atoms with Crippen LogP contribution in [-0.2, 0) is 4.79 Å². The second kappa shape index (κ2) is 6.85. The fraction of sp³-hybridized carbons (Fsp3) is 0. The van der Waals surface area contributed by atoms with Crippen LogP contribution in [0.1, 0.15) is 11.1 Å². The van der Waals surface area contributed by atoms with Gasteiger partial charge in [-0.2, -0.15) is 0 Å². The molecule has 5 heteroatoms. The molecule has 0 aliphatic rings. The number of allylic oxidation sites excluding steroid dienone is 2. The smallest absolute Gasteiger partial charge is 0.178 e. The monoisotopic (exact) mass is 306 g/mol. The van der Waals surface area contributed by atoms with Crippen LogP contribution in [0.15, 0.2) is 48.6 Å². The predicted octanol–water partition coefficient (Wildman–Crippen LogP) is 4.54. The molecule has 112 valence electrons. The first-order valence-corrected chi connectivity index (χ1v) is 6.26. The highest BCUT2D eigenvalue weighted by Crippen LogP contribution is 2.13. The highest BCUT2D eigenvalue weighted by Gasteiger charge is 2.02. The van der Waals surface area contributed by atoms with Gasteiger partial charge >= 0.3 is 0 Å². The fourth-order valence-electron chi connectivity index (χ4n) is 1.68. The number of ketones is 1. The Hall–Kier alpha value is -2.69. The highest BCUT2D eigenvalue weighted by molar-refractivity contribution is 6.04. The average Bonchev–Trinajstić information content (AvgIpc) is 2.49. The lowest BCUT2D eigenvalue weighted by atomic mass is 10.1. The van der Waals surface area contributed by atoms with Crippen LogP contribution in [0.3, 0.4) is 0 Å². The topological polar surface area (TPSA) is 17.1 Å². The Bertz CT molecular complexity index is 700. The quantitative estimate of drug-likeness (QED) is 0.599. The van der Waals surface area contributed by atoms with Crippen LogP contribution in [0, 0.1) is 23.3 Å². The zero-order valence-corrected chi connectivity index (χ0v) is 11.2. The molecule has 0 amide bonds.